The zero-order valence-electron chi connectivity index (χ0n) is 28.5. The minimum Gasteiger partial charge on any atom is -0.392 e. The second kappa shape index (κ2) is 15.2. The van der Waals surface area contributed by atoms with E-state index >= 15 is 0 Å². The van der Waals surface area contributed by atoms with E-state index in [-0.39, 0.29) is 30.8 Å². The quantitative estimate of drug-likeness (QED) is 0.128. The number of nitrogens with zero attached hydrogens (tertiary/aromatic N) is 1. The Labute approximate surface area is 293 Å². The molecule has 1 fully saturated rings. The van der Waals surface area contributed by atoms with E-state index < -0.39 is 6.29 Å². The van der Waals surface area contributed by atoms with Crippen LogP contribution in [0.1, 0.15) is 53.1 Å². The number of ether oxygens (including phenoxy) is 2. The SMILES string of the molecule is CCNC(=O)Nc1cccc(C2O[C@H](CN(C)Cc3c4ccccc4cc4ccccc34)[C@@H](c3ccccc3)[C@H](c3ccc(CO)cc3)O2)c1. The summed E-state index contributed by atoms with van der Waals surface area (Å²) in [6, 6.07) is 45.3. The van der Waals surface area contributed by atoms with E-state index in [0.717, 1.165) is 28.8 Å². The van der Waals surface area contributed by atoms with E-state index in [4.69, 9.17) is 9.47 Å². The van der Waals surface area contributed by atoms with Crippen LogP contribution in [0.5, 0.6) is 0 Å². The number of anilines is 1. The molecule has 2 amide bonds. The topological polar surface area (TPSA) is 83.1 Å². The van der Waals surface area contributed by atoms with Crippen LogP contribution in [0.4, 0.5) is 10.5 Å². The highest BCUT2D eigenvalue weighted by atomic mass is 16.7. The monoisotopic (exact) mass is 665 g/mol. The molecule has 4 atom stereocenters. The summed E-state index contributed by atoms with van der Waals surface area (Å²) in [7, 11) is 2.16. The van der Waals surface area contributed by atoms with Crippen molar-refractivity contribution in [2.75, 3.05) is 25.5 Å². The van der Waals surface area contributed by atoms with Crippen LogP contribution < -0.4 is 10.6 Å². The first-order chi connectivity index (χ1) is 24.5. The Kier molecular flexibility index (Phi) is 10.2. The zero-order valence-corrected chi connectivity index (χ0v) is 28.5. The minimum absolute atomic E-state index is 0.0265. The van der Waals surface area contributed by atoms with Crippen molar-refractivity contribution in [3.8, 4) is 0 Å². The third-order valence-electron chi connectivity index (χ3n) is 9.53. The second-order valence-electron chi connectivity index (χ2n) is 13.0. The first-order valence-electron chi connectivity index (χ1n) is 17.3. The van der Waals surface area contributed by atoms with Crippen LogP contribution in [0, 0.1) is 0 Å². The molecule has 1 aliphatic rings. The number of carbonyl (C=O) groups excluding carboxylic acids is 1. The van der Waals surface area contributed by atoms with E-state index in [9.17, 15) is 9.90 Å². The van der Waals surface area contributed by atoms with E-state index in [1.54, 1.807) is 0 Å². The minimum atomic E-state index is -0.690. The first kappa shape index (κ1) is 33.4. The molecule has 50 heavy (non-hydrogen) atoms. The van der Waals surface area contributed by atoms with Gasteiger partial charge >= 0.3 is 6.03 Å². The average molecular weight is 666 g/mol. The van der Waals surface area contributed by atoms with Crippen molar-refractivity contribution in [3.05, 3.63) is 161 Å². The molecule has 1 unspecified atom stereocenters. The van der Waals surface area contributed by atoms with Gasteiger partial charge in [0.25, 0.3) is 0 Å². The van der Waals surface area contributed by atoms with Crippen molar-refractivity contribution < 1.29 is 19.4 Å². The summed E-state index contributed by atoms with van der Waals surface area (Å²) in [6.07, 6.45) is -1.30. The molecule has 1 aliphatic heterocycles. The summed E-state index contributed by atoms with van der Waals surface area (Å²) in [6.45, 7) is 3.76. The lowest BCUT2D eigenvalue weighted by molar-refractivity contribution is -0.263. The molecule has 254 valence electrons. The highest BCUT2D eigenvalue weighted by Gasteiger charge is 2.42. The van der Waals surface area contributed by atoms with Crippen molar-refractivity contribution in [2.45, 2.75) is 44.5 Å². The Balaban J connectivity index is 1.27. The third kappa shape index (κ3) is 7.27. The number of hydrogen-bond acceptors (Lipinski definition) is 5. The van der Waals surface area contributed by atoms with Crippen LogP contribution in [0.2, 0.25) is 0 Å². The number of benzene rings is 6. The molecule has 0 aromatic heterocycles. The molecule has 0 saturated carbocycles. The molecule has 0 spiro atoms. The third-order valence-corrected chi connectivity index (χ3v) is 9.53. The summed E-state index contributed by atoms with van der Waals surface area (Å²) in [5.74, 6) is -0.129. The van der Waals surface area contributed by atoms with Gasteiger partial charge in [-0.1, -0.05) is 115 Å². The van der Waals surface area contributed by atoms with Crippen molar-refractivity contribution in [2.24, 2.45) is 0 Å². The summed E-state index contributed by atoms with van der Waals surface area (Å²) in [4.78, 5) is 14.7. The fraction of sp³-hybridized carbons (Fsp3) is 0.233. The number of nitrogens with one attached hydrogen (secondary N) is 2. The molecule has 7 heteroatoms. The molecule has 6 aromatic rings. The Morgan fingerprint density at radius 1 is 0.740 bits per heavy atom. The molecule has 1 saturated heterocycles. The molecular weight excluding hydrogens is 622 g/mol. The van der Waals surface area contributed by atoms with Crippen molar-refractivity contribution in [1.82, 2.24) is 10.2 Å². The number of aliphatic hydroxyl groups is 1. The number of likely N-dealkylation sites (N-methyl/N-ethyl adjacent to an activating group) is 1. The lowest BCUT2D eigenvalue weighted by atomic mass is 9.83. The van der Waals surface area contributed by atoms with Crippen molar-refractivity contribution in [1.29, 1.82) is 0 Å². The summed E-state index contributed by atoms with van der Waals surface area (Å²) < 4.78 is 13.9. The Morgan fingerprint density at radius 2 is 1.40 bits per heavy atom. The van der Waals surface area contributed by atoms with Gasteiger partial charge in [-0.05, 0) is 76.0 Å². The van der Waals surface area contributed by atoms with Crippen LogP contribution >= 0.6 is 0 Å². The van der Waals surface area contributed by atoms with Gasteiger partial charge < -0.3 is 25.2 Å². The number of fused-ring (bicyclic) bond motifs is 2. The second-order valence-corrected chi connectivity index (χ2v) is 13.0. The smallest absolute Gasteiger partial charge is 0.319 e. The predicted molar refractivity (Wildman–Crippen MR) is 200 cm³/mol. The van der Waals surface area contributed by atoms with Gasteiger partial charge in [0, 0.05) is 36.8 Å². The van der Waals surface area contributed by atoms with Crippen LogP contribution in [0.25, 0.3) is 21.5 Å². The largest absolute Gasteiger partial charge is 0.392 e. The highest BCUT2D eigenvalue weighted by Crippen LogP contribution is 2.47. The van der Waals surface area contributed by atoms with Gasteiger partial charge in [0.1, 0.15) is 0 Å². The van der Waals surface area contributed by atoms with Gasteiger partial charge in [-0.3, -0.25) is 4.90 Å². The Hall–Kier alpha value is -5.05. The van der Waals surface area contributed by atoms with Crippen molar-refractivity contribution in [3.63, 3.8) is 0 Å². The van der Waals surface area contributed by atoms with Gasteiger partial charge in [0.15, 0.2) is 6.29 Å². The summed E-state index contributed by atoms with van der Waals surface area (Å²) >= 11 is 0. The molecule has 6 aromatic carbocycles. The first-order valence-corrected chi connectivity index (χ1v) is 17.3. The fourth-order valence-electron chi connectivity index (χ4n) is 7.18. The maximum Gasteiger partial charge on any atom is 0.319 e. The molecule has 3 N–H and O–H groups in total. The van der Waals surface area contributed by atoms with Gasteiger partial charge in [-0.15, -0.1) is 0 Å². The number of amides is 2. The summed E-state index contributed by atoms with van der Waals surface area (Å²) in [5.41, 5.74) is 5.75. The number of hydrogen-bond donors (Lipinski definition) is 3. The fourth-order valence-corrected chi connectivity index (χ4v) is 7.18. The molecular formula is C43H43N3O4. The molecule has 0 bridgehead atoms. The van der Waals surface area contributed by atoms with Crippen LogP contribution in [0.3, 0.4) is 0 Å². The van der Waals surface area contributed by atoms with Gasteiger partial charge in [-0.2, -0.15) is 0 Å². The lowest BCUT2D eigenvalue weighted by Gasteiger charge is -2.44. The standard InChI is InChI=1S/C43H43N3O4/c1-3-44-43(48)45-35-17-11-16-34(25-35)42-49-39(40(30-12-5-4-6-13-30)41(50-42)31-22-20-29(28-47)21-23-31)27-46(2)26-38-36-18-9-7-14-32(36)24-33-15-8-10-19-37(33)38/h4-25,39-42,47H,3,26-28H2,1-2H3,(H2,44,45,48)/t39-,40-,41+,42?/m1/s1. The predicted octanol–water partition coefficient (Wildman–Crippen LogP) is 8.70. The number of rotatable bonds is 10. The molecule has 7 nitrogen and oxygen atoms in total. The van der Waals surface area contributed by atoms with Crippen LogP contribution in [0.15, 0.2) is 133 Å². The number of urea groups is 1. The molecule has 0 radical (unpaired) electrons. The zero-order chi connectivity index (χ0) is 34.5. The maximum absolute atomic E-state index is 12.4. The Bertz CT molecular complexity index is 2010. The summed E-state index contributed by atoms with van der Waals surface area (Å²) in [5, 5.41) is 20.5. The molecule has 7 rings (SSSR count). The van der Waals surface area contributed by atoms with E-state index in [2.05, 4.69) is 101 Å². The van der Waals surface area contributed by atoms with Gasteiger partial charge in [0.2, 0.25) is 0 Å². The lowest BCUT2D eigenvalue weighted by Crippen LogP contribution is -2.43. The van der Waals surface area contributed by atoms with Crippen LogP contribution in [-0.2, 0) is 22.6 Å². The van der Waals surface area contributed by atoms with Gasteiger partial charge in [-0.25, -0.2) is 4.79 Å². The van der Waals surface area contributed by atoms with Crippen LogP contribution in [-0.4, -0.2) is 42.3 Å². The number of aliphatic hydroxyl groups excluding tert-OH is 1. The maximum atomic E-state index is 12.4. The van der Waals surface area contributed by atoms with E-state index in [1.165, 1.54) is 27.1 Å². The highest BCUT2D eigenvalue weighted by molar-refractivity contribution is 6.02. The Morgan fingerprint density at radius 3 is 2.08 bits per heavy atom. The average Bonchev–Trinajstić information content (AvgIpc) is 3.15. The van der Waals surface area contributed by atoms with E-state index in [0.29, 0.717) is 18.8 Å². The van der Waals surface area contributed by atoms with E-state index in [1.807, 2.05) is 61.5 Å². The number of carbonyl (C=O) groups is 1. The van der Waals surface area contributed by atoms with Crippen molar-refractivity contribution >= 4 is 33.3 Å². The molecule has 1 heterocycles. The normalized spacial score (nSPS) is 19.1. The van der Waals surface area contributed by atoms with Gasteiger partial charge in [0.05, 0.1) is 18.8 Å². The molecule has 0 aliphatic carbocycles.